The lowest BCUT2D eigenvalue weighted by Crippen LogP contribution is -2.42. The van der Waals surface area contributed by atoms with Gasteiger partial charge in [0.1, 0.15) is 5.82 Å². The lowest BCUT2D eigenvalue weighted by atomic mass is 10.3. The number of para-hydroxylation sites is 2. The van der Waals surface area contributed by atoms with Crippen LogP contribution < -0.4 is 10.6 Å². The number of aromatic amines is 1. The van der Waals surface area contributed by atoms with Gasteiger partial charge in [0.2, 0.25) is 0 Å². The summed E-state index contributed by atoms with van der Waals surface area (Å²) in [6.45, 7) is 0.448. The first-order valence-electron chi connectivity index (χ1n) is 6.41. The van der Waals surface area contributed by atoms with Gasteiger partial charge in [-0.3, -0.25) is 0 Å². The number of hydrogen-bond donors (Lipinski definition) is 3. The zero-order valence-corrected chi connectivity index (χ0v) is 12.7. The van der Waals surface area contributed by atoms with Gasteiger partial charge in [0, 0.05) is 5.41 Å². The van der Waals surface area contributed by atoms with Crippen molar-refractivity contribution in [1.82, 2.24) is 20.6 Å². The number of nitrogens with one attached hydrogen (secondary N) is 3. The van der Waals surface area contributed by atoms with E-state index in [-0.39, 0.29) is 11.8 Å². The number of hydrogen-bond acceptors (Lipinski definition) is 4. The predicted molar refractivity (Wildman–Crippen MR) is 85.4 cm³/mol. The second kappa shape index (κ2) is 5.45. The highest BCUT2D eigenvalue weighted by atomic mass is 32.2. The van der Waals surface area contributed by atoms with E-state index in [4.69, 9.17) is 12.2 Å². The number of rotatable bonds is 3. The maximum absolute atomic E-state index is 11.3. The van der Waals surface area contributed by atoms with Crippen LogP contribution in [0.5, 0.6) is 0 Å². The Balaban J connectivity index is 1.55. The normalized spacial score (nSPS) is 19.7. The fraction of sp³-hybridized carbons (Fsp3) is 0.231. The van der Waals surface area contributed by atoms with E-state index >= 15 is 0 Å². The molecule has 21 heavy (non-hydrogen) atoms. The molecule has 0 saturated carbocycles. The van der Waals surface area contributed by atoms with Gasteiger partial charge in [0.25, 0.3) is 0 Å². The first kappa shape index (κ1) is 14.0. The maximum atomic E-state index is 11.3. The van der Waals surface area contributed by atoms with Crippen molar-refractivity contribution >= 4 is 38.2 Å². The molecule has 1 aromatic heterocycles. The average molecular weight is 322 g/mol. The summed E-state index contributed by atoms with van der Waals surface area (Å²) in [7, 11) is -3.07. The molecule has 0 aliphatic carbocycles. The van der Waals surface area contributed by atoms with E-state index in [1.54, 1.807) is 6.08 Å². The number of thiocarbonyl (C=S) groups is 1. The Hall–Kier alpha value is -1.93. The van der Waals surface area contributed by atoms with Crippen LogP contribution >= 0.6 is 12.2 Å². The zero-order chi connectivity index (χ0) is 14.9. The lowest BCUT2D eigenvalue weighted by molar-refractivity contribution is 0.602. The van der Waals surface area contributed by atoms with Crippen molar-refractivity contribution in [2.24, 2.45) is 0 Å². The van der Waals surface area contributed by atoms with Crippen molar-refractivity contribution in [2.45, 2.75) is 12.6 Å². The van der Waals surface area contributed by atoms with Gasteiger partial charge in [-0.1, -0.05) is 12.1 Å². The molecule has 1 aliphatic heterocycles. The number of H-pyrrole nitrogens is 1. The third kappa shape index (κ3) is 3.40. The molecule has 0 amide bonds. The third-order valence-electron chi connectivity index (χ3n) is 3.10. The van der Waals surface area contributed by atoms with Crippen LogP contribution in [0.4, 0.5) is 0 Å². The van der Waals surface area contributed by atoms with Crippen LogP contribution in [0.3, 0.4) is 0 Å². The van der Waals surface area contributed by atoms with Gasteiger partial charge in [-0.2, -0.15) is 0 Å². The second-order valence-electron chi connectivity index (χ2n) is 4.79. The highest BCUT2D eigenvalue weighted by Gasteiger charge is 2.21. The van der Waals surface area contributed by atoms with Gasteiger partial charge in [0.05, 0.1) is 29.4 Å². The summed E-state index contributed by atoms with van der Waals surface area (Å²) in [5.41, 5.74) is 1.87. The Morgan fingerprint density at radius 2 is 2.24 bits per heavy atom. The van der Waals surface area contributed by atoms with Gasteiger partial charge >= 0.3 is 0 Å². The minimum Gasteiger partial charge on any atom is -0.355 e. The number of nitrogens with zero attached hydrogens (tertiary/aromatic N) is 1. The van der Waals surface area contributed by atoms with Crippen LogP contribution in [-0.2, 0) is 16.4 Å². The molecule has 0 unspecified atom stereocenters. The van der Waals surface area contributed by atoms with Crippen molar-refractivity contribution in [1.29, 1.82) is 0 Å². The van der Waals surface area contributed by atoms with Crippen molar-refractivity contribution in [3.63, 3.8) is 0 Å². The Kier molecular flexibility index (Phi) is 3.64. The minimum absolute atomic E-state index is 0.0411. The van der Waals surface area contributed by atoms with E-state index in [0.29, 0.717) is 11.7 Å². The molecule has 0 fully saturated rings. The van der Waals surface area contributed by atoms with Crippen molar-refractivity contribution in [3.8, 4) is 0 Å². The van der Waals surface area contributed by atoms with Gasteiger partial charge < -0.3 is 15.6 Å². The summed E-state index contributed by atoms with van der Waals surface area (Å²) in [6, 6.07) is 7.48. The minimum atomic E-state index is -3.07. The standard InChI is InChI=1S/C13H14N4O2S2/c18-21(19)6-5-9(8-21)15-13(20)14-7-12-16-10-3-1-2-4-11(10)17-12/h1-6,9H,7-8H2,(H,16,17)(H2,14,15,20)/t9-/m1/s1. The molecule has 0 saturated heterocycles. The van der Waals surface area contributed by atoms with Crippen molar-refractivity contribution in [3.05, 3.63) is 41.6 Å². The molecule has 6 nitrogen and oxygen atoms in total. The van der Waals surface area contributed by atoms with Crippen LogP contribution in [0.15, 0.2) is 35.7 Å². The Morgan fingerprint density at radius 3 is 2.95 bits per heavy atom. The van der Waals surface area contributed by atoms with Gasteiger partial charge in [-0.15, -0.1) is 0 Å². The highest BCUT2D eigenvalue weighted by Crippen LogP contribution is 2.10. The molecule has 110 valence electrons. The molecule has 1 atom stereocenters. The topological polar surface area (TPSA) is 86.9 Å². The molecule has 1 aromatic carbocycles. The van der Waals surface area contributed by atoms with Gasteiger partial charge in [0.15, 0.2) is 14.9 Å². The summed E-state index contributed by atoms with van der Waals surface area (Å²) in [5, 5.41) is 7.58. The number of aromatic nitrogens is 2. The Morgan fingerprint density at radius 1 is 1.43 bits per heavy atom. The Bertz CT molecular complexity index is 777. The lowest BCUT2D eigenvalue weighted by Gasteiger charge is -2.13. The SMILES string of the molecule is O=S1(=O)C=C[C@@H](NC(=S)NCc2nc3ccccc3[nH]2)C1. The summed E-state index contributed by atoms with van der Waals surface area (Å²) in [5.74, 6) is 0.814. The Labute approximate surface area is 127 Å². The molecule has 1 aliphatic rings. The molecule has 3 rings (SSSR count). The van der Waals surface area contributed by atoms with Crippen LogP contribution in [-0.4, -0.2) is 35.3 Å². The fourth-order valence-corrected chi connectivity index (χ4v) is 3.60. The monoisotopic (exact) mass is 322 g/mol. The van der Waals surface area contributed by atoms with Gasteiger partial charge in [-0.25, -0.2) is 13.4 Å². The van der Waals surface area contributed by atoms with Crippen LogP contribution in [0.2, 0.25) is 0 Å². The van der Waals surface area contributed by atoms with E-state index < -0.39 is 9.84 Å². The van der Waals surface area contributed by atoms with E-state index in [0.717, 1.165) is 16.9 Å². The number of benzene rings is 1. The summed E-state index contributed by atoms with van der Waals surface area (Å²) >= 11 is 5.15. The van der Waals surface area contributed by atoms with E-state index in [1.165, 1.54) is 5.41 Å². The molecule has 2 heterocycles. The number of sulfone groups is 1. The molecule has 3 N–H and O–H groups in total. The van der Waals surface area contributed by atoms with Crippen molar-refractivity contribution in [2.75, 3.05) is 5.75 Å². The molecule has 0 radical (unpaired) electrons. The molecular weight excluding hydrogens is 308 g/mol. The van der Waals surface area contributed by atoms with Gasteiger partial charge in [-0.05, 0) is 30.4 Å². The van der Waals surface area contributed by atoms with Crippen LogP contribution in [0, 0.1) is 0 Å². The molecule has 0 spiro atoms. The van der Waals surface area contributed by atoms with E-state index in [9.17, 15) is 8.42 Å². The largest absolute Gasteiger partial charge is 0.355 e. The van der Waals surface area contributed by atoms with E-state index in [1.807, 2.05) is 24.3 Å². The first-order chi connectivity index (χ1) is 10.0. The summed E-state index contributed by atoms with van der Waals surface area (Å²) in [6.07, 6.45) is 1.60. The molecule has 2 aromatic rings. The number of fused-ring (bicyclic) bond motifs is 1. The number of imidazole rings is 1. The third-order valence-corrected chi connectivity index (χ3v) is 4.76. The summed E-state index contributed by atoms with van der Waals surface area (Å²) < 4.78 is 22.6. The molecular formula is C13H14N4O2S2. The average Bonchev–Trinajstić information content (AvgIpc) is 2.99. The van der Waals surface area contributed by atoms with Crippen LogP contribution in [0.1, 0.15) is 5.82 Å². The smallest absolute Gasteiger partial charge is 0.173 e. The zero-order valence-electron chi connectivity index (χ0n) is 11.0. The van der Waals surface area contributed by atoms with E-state index in [2.05, 4.69) is 20.6 Å². The fourth-order valence-electron chi connectivity index (χ4n) is 2.14. The molecule has 0 bridgehead atoms. The first-order valence-corrected chi connectivity index (χ1v) is 8.53. The predicted octanol–water partition coefficient (Wildman–Crippen LogP) is 0.838. The van der Waals surface area contributed by atoms with Crippen LogP contribution in [0.25, 0.3) is 11.0 Å². The maximum Gasteiger partial charge on any atom is 0.173 e. The van der Waals surface area contributed by atoms with Crippen molar-refractivity contribution < 1.29 is 8.42 Å². The second-order valence-corrected chi connectivity index (χ2v) is 7.13. The summed E-state index contributed by atoms with van der Waals surface area (Å²) in [4.78, 5) is 7.61. The quantitative estimate of drug-likeness (QED) is 0.726. The highest BCUT2D eigenvalue weighted by molar-refractivity contribution is 7.94. The molecule has 8 heteroatoms.